The summed E-state index contributed by atoms with van der Waals surface area (Å²) in [5, 5.41) is 4.14. The fourth-order valence-electron chi connectivity index (χ4n) is 3.83. The molecule has 0 bridgehead atoms. The van der Waals surface area contributed by atoms with Gasteiger partial charge in [0.15, 0.2) is 0 Å². The number of carbonyl (C=O) groups is 1. The van der Waals surface area contributed by atoms with E-state index in [4.69, 9.17) is 0 Å². The Morgan fingerprint density at radius 1 is 1.32 bits per heavy atom. The molecule has 22 heavy (non-hydrogen) atoms. The van der Waals surface area contributed by atoms with Gasteiger partial charge < -0.3 is 15.2 Å². The van der Waals surface area contributed by atoms with Crippen LogP contribution in [0.4, 0.5) is 5.82 Å². The SMILES string of the molecule is CCc1c[nH]c2ncnc(N3CCC4(CC3)CNC(=O)C4)c12. The summed E-state index contributed by atoms with van der Waals surface area (Å²) < 4.78 is 0. The quantitative estimate of drug-likeness (QED) is 0.884. The van der Waals surface area contributed by atoms with Crippen LogP contribution in [0.3, 0.4) is 0 Å². The third kappa shape index (κ3) is 2.05. The normalized spacial score (nSPS) is 20.8. The highest BCUT2D eigenvalue weighted by molar-refractivity contribution is 5.90. The maximum Gasteiger partial charge on any atom is 0.220 e. The van der Waals surface area contributed by atoms with Gasteiger partial charge in [-0.3, -0.25) is 4.79 Å². The number of aromatic nitrogens is 3. The molecule has 0 aliphatic carbocycles. The number of piperidine rings is 1. The molecule has 1 amide bonds. The molecular weight excluding hydrogens is 278 g/mol. The lowest BCUT2D eigenvalue weighted by atomic mass is 9.77. The number of aromatic amines is 1. The number of nitrogens with one attached hydrogen (secondary N) is 2. The van der Waals surface area contributed by atoms with E-state index in [1.807, 2.05) is 6.20 Å². The van der Waals surface area contributed by atoms with Crippen molar-refractivity contribution < 1.29 is 4.79 Å². The smallest absolute Gasteiger partial charge is 0.220 e. The Labute approximate surface area is 129 Å². The predicted octanol–water partition coefficient (Wildman–Crippen LogP) is 1.63. The Hall–Kier alpha value is -2.11. The molecule has 2 saturated heterocycles. The van der Waals surface area contributed by atoms with E-state index in [9.17, 15) is 4.79 Å². The van der Waals surface area contributed by atoms with Crippen molar-refractivity contribution in [2.75, 3.05) is 24.5 Å². The standard InChI is InChI=1S/C16H21N5O/c1-2-11-8-17-14-13(11)15(20-10-19-14)21-5-3-16(4-6-21)7-12(22)18-9-16/h8,10H,2-7,9H2,1H3,(H,18,22)(H,17,19,20). The van der Waals surface area contributed by atoms with E-state index in [2.05, 4.69) is 32.1 Å². The topological polar surface area (TPSA) is 73.9 Å². The second-order valence-electron chi connectivity index (χ2n) is 6.53. The van der Waals surface area contributed by atoms with Gasteiger partial charge in [0.1, 0.15) is 17.8 Å². The van der Waals surface area contributed by atoms with Gasteiger partial charge in [0.2, 0.25) is 5.91 Å². The van der Waals surface area contributed by atoms with Crippen molar-refractivity contribution in [3.05, 3.63) is 18.1 Å². The van der Waals surface area contributed by atoms with E-state index >= 15 is 0 Å². The molecule has 0 unspecified atom stereocenters. The van der Waals surface area contributed by atoms with Crippen molar-refractivity contribution >= 4 is 22.8 Å². The minimum atomic E-state index is 0.172. The van der Waals surface area contributed by atoms with Gasteiger partial charge in [0.05, 0.1) is 5.39 Å². The molecule has 2 aromatic heterocycles. The number of aryl methyl sites for hydroxylation is 1. The van der Waals surface area contributed by atoms with Crippen LogP contribution in [0.5, 0.6) is 0 Å². The second kappa shape index (κ2) is 4.97. The van der Waals surface area contributed by atoms with Gasteiger partial charge in [0, 0.05) is 32.3 Å². The van der Waals surface area contributed by atoms with Gasteiger partial charge in [-0.25, -0.2) is 9.97 Å². The zero-order valence-electron chi connectivity index (χ0n) is 12.9. The average molecular weight is 299 g/mol. The van der Waals surface area contributed by atoms with Crippen LogP contribution in [-0.2, 0) is 11.2 Å². The fraction of sp³-hybridized carbons (Fsp3) is 0.562. The first-order chi connectivity index (χ1) is 10.7. The minimum Gasteiger partial charge on any atom is -0.356 e. The Kier molecular flexibility index (Phi) is 3.06. The molecular formula is C16H21N5O. The highest BCUT2D eigenvalue weighted by Crippen LogP contribution is 2.39. The van der Waals surface area contributed by atoms with Gasteiger partial charge in [-0.05, 0) is 30.2 Å². The van der Waals surface area contributed by atoms with Crippen molar-refractivity contribution in [1.29, 1.82) is 0 Å². The van der Waals surface area contributed by atoms with Crippen LogP contribution in [0, 0.1) is 5.41 Å². The molecule has 6 nitrogen and oxygen atoms in total. The summed E-state index contributed by atoms with van der Waals surface area (Å²) in [4.78, 5) is 26.0. The number of rotatable bonds is 2. The number of anilines is 1. The zero-order valence-corrected chi connectivity index (χ0v) is 12.9. The molecule has 2 aliphatic heterocycles. The van der Waals surface area contributed by atoms with Gasteiger partial charge >= 0.3 is 0 Å². The Morgan fingerprint density at radius 2 is 2.14 bits per heavy atom. The highest BCUT2D eigenvalue weighted by Gasteiger charge is 2.41. The van der Waals surface area contributed by atoms with Gasteiger partial charge in [-0.15, -0.1) is 0 Å². The van der Waals surface area contributed by atoms with Crippen LogP contribution >= 0.6 is 0 Å². The van der Waals surface area contributed by atoms with Crippen molar-refractivity contribution in [2.45, 2.75) is 32.6 Å². The van der Waals surface area contributed by atoms with Crippen LogP contribution in [0.15, 0.2) is 12.5 Å². The largest absolute Gasteiger partial charge is 0.356 e. The molecule has 4 rings (SSSR count). The molecule has 0 saturated carbocycles. The molecule has 0 radical (unpaired) electrons. The van der Waals surface area contributed by atoms with E-state index in [0.717, 1.165) is 55.7 Å². The highest BCUT2D eigenvalue weighted by atomic mass is 16.1. The monoisotopic (exact) mass is 299 g/mol. The maximum atomic E-state index is 11.5. The second-order valence-corrected chi connectivity index (χ2v) is 6.53. The summed E-state index contributed by atoms with van der Waals surface area (Å²) >= 11 is 0. The van der Waals surface area contributed by atoms with Crippen molar-refractivity contribution in [2.24, 2.45) is 5.41 Å². The molecule has 2 N–H and O–H groups in total. The van der Waals surface area contributed by atoms with Crippen molar-refractivity contribution in [3.63, 3.8) is 0 Å². The third-order valence-electron chi connectivity index (χ3n) is 5.23. The number of nitrogens with zero attached hydrogens (tertiary/aromatic N) is 3. The number of H-pyrrole nitrogens is 1. The lowest BCUT2D eigenvalue weighted by molar-refractivity contribution is -0.119. The molecule has 2 aromatic rings. The average Bonchev–Trinajstić information content (AvgIpc) is 3.12. The zero-order chi connectivity index (χ0) is 15.2. The fourth-order valence-corrected chi connectivity index (χ4v) is 3.83. The summed E-state index contributed by atoms with van der Waals surface area (Å²) in [5.41, 5.74) is 2.36. The van der Waals surface area contributed by atoms with Gasteiger partial charge in [-0.1, -0.05) is 6.92 Å². The summed E-state index contributed by atoms with van der Waals surface area (Å²) in [6.45, 7) is 4.90. The van der Waals surface area contributed by atoms with E-state index in [1.165, 1.54) is 5.56 Å². The molecule has 0 aromatic carbocycles. The maximum absolute atomic E-state index is 11.5. The molecule has 2 aliphatic rings. The van der Waals surface area contributed by atoms with Crippen LogP contribution in [0.1, 0.15) is 31.7 Å². The molecule has 4 heterocycles. The van der Waals surface area contributed by atoms with Crippen LogP contribution < -0.4 is 10.2 Å². The first kappa shape index (κ1) is 13.5. The molecule has 1 spiro atoms. The Balaban J connectivity index is 1.61. The summed E-state index contributed by atoms with van der Waals surface area (Å²) in [6.07, 6.45) is 7.42. The number of hydrogen-bond donors (Lipinski definition) is 2. The van der Waals surface area contributed by atoms with Crippen LogP contribution in [0.2, 0.25) is 0 Å². The van der Waals surface area contributed by atoms with E-state index in [1.54, 1.807) is 6.33 Å². The van der Waals surface area contributed by atoms with E-state index < -0.39 is 0 Å². The van der Waals surface area contributed by atoms with Crippen molar-refractivity contribution in [3.8, 4) is 0 Å². The molecule has 2 fully saturated rings. The first-order valence-electron chi connectivity index (χ1n) is 8.03. The van der Waals surface area contributed by atoms with E-state index in [0.29, 0.717) is 6.42 Å². The summed E-state index contributed by atoms with van der Waals surface area (Å²) in [5.74, 6) is 1.24. The molecule has 116 valence electrons. The minimum absolute atomic E-state index is 0.172. The number of hydrogen-bond acceptors (Lipinski definition) is 4. The lowest BCUT2D eigenvalue weighted by Gasteiger charge is -2.39. The number of fused-ring (bicyclic) bond motifs is 1. The van der Waals surface area contributed by atoms with Gasteiger partial charge in [0.25, 0.3) is 0 Å². The summed E-state index contributed by atoms with van der Waals surface area (Å²) in [7, 11) is 0. The lowest BCUT2D eigenvalue weighted by Crippen LogP contribution is -2.41. The van der Waals surface area contributed by atoms with E-state index in [-0.39, 0.29) is 11.3 Å². The number of carbonyl (C=O) groups excluding carboxylic acids is 1. The van der Waals surface area contributed by atoms with Gasteiger partial charge in [-0.2, -0.15) is 0 Å². The number of amides is 1. The van der Waals surface area contributed by atoms with Crippen LogP contribution in [-0.4, -0.2) is 40.5 Å². The Morgan fingerprint density at radius 3 is 2.82 bits per heavy atom. The third-order valence-corrected chi connectivity index (χ3v) is 5.23. The molecule has 0 atom stereocenters. The Bertz CT molecular complexity index is 714. The summed E-state index contributed by atoms with van der Waals surface area (Å²) in [6, 6.07) is 0. The van der Waals surface area contributed by atoms with Crippen LogP contribution in [0.25, 0.3) is 11.0 Å². The predicted molar refractivity (Wildman–Crippen MR) is 84.8 cm³/mol. The molecule has 6 heteroatoms. The van der Waals surface area contributed by atoms with Crippen molar-refractivity contribution in [1.82, 2.24) is 20.3 Å². The first-order valence-corrected chi connectivity index (χ1v) is 8.03.